The van der Waals surface area contributed by atoms with Crippen LogP contribution in [0, 0.1) is 5.41 Å². The molecule has 0 radical (unpaired) electrons. The van der Waals surface area contributed by atoms with Gasteiger partial charge in [-0.2, -0.15) is 0 Å². The van der Waals surface area contributed by atoms with E-state index in [1.165, 1.54) is 36.6 Å². The molecule has 1 unspecified atom stereocenters. The van der Waals surface area contributed by atoms with E-state index in [9.17, 15) is 19.2 Å². The van der Waals surface area contributed by atoms with Gasteiger partial charge in [0, 0.05) is 31.8 Å². The van der Waals surface area contributed by atoms with E-state index in [4.69, 9.17) is 10.1 Å². The first-order valence-corrected chi connectivity index (χ1v) is 10.9. The van der Waals surface area contributed by atoms with Crippen LogP contribution < -0.4 is 21.8 Å². The van der Waals surface area contributed by atoms with Crippen LogP contribution in [-0.2, 0) is 39.7 Å². The molecule has 2 aromatic heterocycles. The minimum Gasteiger partial charge on any atom is -0.469 e. The Balaban J connectivity index is 1.67. The highest BCUT2D eigenvalue weighted by atomic mass is 16.5. The molecule has 0 bridgehead atoms. The van der Waals surface area contributed by atoms with Gasteiger partial charge in [0.25, 0.3) is 11.5 Å². The van der Waals surface area contributed by atoms with Crippen molar-refractivity contribution in [2.75, 3.05) is 19.5 Å². The Morgan fingerprint density at radius 3 is 2.42 bits per heavy atom. The lowest BCUT2D eigenvalue weighted by Gasteiger charge is -2.16. The summed E-state index contributed by atoms with van der Waals surface area (Å²) in [5, 5.41) is 13.7. The number of esters is 2. The third-order valence-corrected chi connectivity index (χ3v) is 5.54. The topological polar surface area (TPSA) is 170 Å². The average molecular weight is 498 g/mol. The Kier molecular flexibility index (Phi) is 8.14. The number of amides is 1. The van der Waals surface area contributed by atoms with Gasteiger partial charge in [0.15, 0.2) is 11.2 Å². The first-order chi connectivity index (χ1) is 17.2. The number of fused-ring (bicyclic) bond motifs is 1. The zero-order valence-corrected chi connectivity index (χ0v) is 20.3. The predicted molar refractivity (Wildman–Crippen MR) is 128 cm³/mol. The molecule has 2 heterocycles. The van der Waals surface area contributed by atoms with Gasteiger partial charge in [0.1, 0.15) is 6.04 Å². The van der Waals surface area contributed by atoms with Gasteiger partial charge in [-0.05, 0) is 30.7 Å². The minimum atomic E-state index is -0.994. The summed E-state index contributed by atoms with van der Waals surface area (Å²) in [6.45, 7) is 0.266. The lowest BCUT2D eigenvalue weighted by Crippen LogP contribution is -2.41. The molecule has 3 aromatic rings. The van der Waals surface area contributed by atoms with Crippen molar-refractivity contribution in [1.29, 1.82) is 5.41 Å². The van der Waals surface area contributed by atoms with Gasteiger partial charge in [-0.15, -0.1) is 0 Å². The van der Waals surface area contributed by atoms with Crippen LogP contribution in [0.1, 0.15) is 28.9 Å². The predicted octanol–water partition coefficient (Wildman–Crippen LogP) is -0.0168. The average Bonchev–Trinajstić information content (AvgIpc) is 2.91. The second kappa shape index (κ2) is 11.3. The molecule has 3 N–H and O–H groups in total. The second-order valence-electron chi connectivity index (χ2n) is 7.88. The minimum absolute atomic E-state index is 0.0122. The first-order valence-electron chi connectivity index (χ1n) is 10.9. The highest BCUT2D eigenvalue weighted by molar-refractivity contribution is 5.97. The molecule has 0 fully saturated rings. The fraction of sp³-hybridized carbons (Fsp3) is 0.348. The fourth-order valence-electron chi connectivity index (χ4n) is 3.40. The van der Waals surface area contributed by atoms with Gasteiger partial charge >= 0.3 is 11.9 Å². The molecular weight excluding hydrogens is 470 g/mol. The molecule has 13 heteroatoms. The standard InChI is InChI=1S/C23H27N7O6/c1-29-19-18(21(33)30(2)23(29)24)27-15(12-26-19)11-25-14-7-5-13(6-8-14)20(32)28-16(22(34)36-4)9-10-17(31)35-3/h5-8,12,16,24-25H,9-11H2,1-4H3,(H,28,32). The smallest absolute Gasteiger partial charge is 0.328 e. The number of aromatic nitrogens is 4. The van der Waals surface area contributed by atoms with E-state index >= 15 is 0 Å². The summed E-state index contributed by atoms with van der Waals surface area (Å²) in [5.41, 5.74) is 1.59. The molecule has 0 aliphatic heterocycles. The van der Waals surface area contributed by atoms with Gasteiger partial charge in [-0.3, -0.25) is 28.9 Å². The third kappa shape index (κ3) is 5.74. The van der Waals surface area contributed by atoms with Crippen LogP contribution in [0.5, 0.6) is 0 Å². The SMILES string of the molecule is COC(=O)CCC(NC(=O)c1ccc(NCc2cnc3c(n2)c(=O)n(C)c(=N)n3C)cc1)C(=O)OC. The van der Waals surface area contributed by atoms with Gasteiger partial charge in [-0.1, -0.05) is 0 Å². The summed E-state index contributed by atoms with van der Waals surface area (Å²) >= 11 is 0. The number of nitrogens with zero attached hydrogens (tertiary/aromatic N) is 4. The maximum absolute atomic E-state index is 12.6. The molecule has 0 saturated carbocycles. The van der Waals surface area contributed by atoms with Crippen molar-refractivity contribution in [2.45, 2.75) is 25.4 Å². The number of methoxy groups -OCH3 is 2. The molecule has 0 saturated heterocycles. The van der Waals surface area contributed by atoms with Gasteiger partial charge in [-0.25, -0.2) is 14.8 Å². The number of hydrogen-bond acceptors (Lipinski definition) is 10. The number of rotatable bonds is 9. The number of nitrogens with one attached hydrogen (secondary N) is 3. The number of benzene rings is 1. The molecule has 0 aliphatic carbocycles. The van der Waals surface area contributed by atoms with Crippen LogP contribution in [0.4, 0.5) is 5.69 Å². The zero-order valence-electron chi connectivity index (χ0n) is 20.3. The third-order valence-electron chi connectivity index (χ3n) is 5.54. The molecule has 1 atom stereocenters. The van der Waals surface area contributed by atoms with E-state index in [2.05, 4.69) is 25.3 Å². The van der Waals surface area contributed by atoms with Crippen molar-refractivity contribution in [3.8, 4) is 0 Å². The molecule has 1 amide bonds. The number of aryl methyl sites for hydroxylation is 1. The van der Waals surface area contributed by atoms with Crippen molar-refractivity contribution in [3.63, 3.8) is 0 Å². The van der Waals surface area contributed by atoms with Crippen LogP contribution in [-0.4, -0.2) is 57.2 Å². The van der Waals surface area contributed by atoms with Gasteiger partial charge in [0.2, 0.25) is 5.62 Å². The number of carbonyl (C=O) groups excluding carboxylic acids is 3. The summed E-state index contributed by atoms with van der Waals surface area (Å²) in [5.74, 6) is -1.66. The number of carbonyl (C=O) groups is 3. The molecule has 3 rings (SSSR count). The summed E-state index contributed by atoms with van der Waals surface area (Å²) in [6.07, 6.45) is 1.52. The van der Waals surface area contributed by atoms with Gasteiger partial charge < -0.3 is 20.1 Å². The van der Waals surface area contributed by atoms with Crippen LogP contribution in [0.25, 0.3) is 11.2 Å². The molecule has 13 nitrogen and oxygen atoms in total. The largest absolute Gasteiger partial charge is 0.469 e. The summed E-state index contributed by atoms with van der Waals surface area (Å²) < 4.78 is 11.9. The maximum atomic E-state index is 12.6. The van der Waals surface area contributed by atoms with Crippen molar-refractivity contribution >= 4 is 34.7 Å². The number of anilines is 1. The Morgan fingerprint density at radius 2 is 1.78 bits per heavy atom. The van der Waals surface area contributed by atoms with E-state index in [-0.39, 0.29) is 30.5 Å². The van der Waals surface area contributed by atoms with Crippen LogP contribution in [0.3, 0.4) is 0 Å². The molecular formula is C23H27N7O6. The van der Waals surface area contributed by atoms with Crippen LogP contribution in [0.15, 0.2) is 35.3 Å². The van der Waals surface area contributed by atoms with Crippen molar-refractivity contribution in [3.05, 3.63) is 57.7 Å². The molecule has 0 spiro atoms. The Hall–Kier alpha value is -4.55. The molecule has 36 heavy (non-hydrogen) atoms. The fourth-order valence-corrected chi connectivity index (χ4v) is 3.40. The Labute approximate surface area is 205 Å². The maximum Gasteiger partial charge on any atom is 0.328 e. The van der Waals surface area contributed by atoms with Crippen molar-refractivity contribution in [1.82, 2.24) is 24.4 Å². The lowest BCUT2D eigenvalue weighted by atomic mass is 10.1. The first kappa shape index (κ1) is 26.1. The van der Waals surface area contributed by atoms with E-state index in [0.29, 0.717) is 22.6 Å². The highest BCUT2D eigenvalue weighted by Crippen LogP contribution is 2.12. The second-order valence-corrected chi connectivity index (χ2v) is 7.88. The van der Waals surface area contributed by atoms with Crippen LogP contribution >= 0.6 is 0 Å². The summed E-state index contributed by atoms with van der Waals surface area (Å²) in [4.78, 5) is 57.1. The van der Waals surface area contributed by atoms with E-state index in [1.54, 1.807) is 31.3 Å². The monoisotopic (exact) mass is 497 g/mol. The van der Waals surface area contributed by atoms with Crippen LogP contribution in [0.2, 0.25) is 0 Å². The molecule has 190 valence electrons. The Morgan fingerprint density at radius 1 is 1.08 bits per heavy atom. The van der Waals surface area contributed by atoms with E-state index in [0.717, 1.165) is 0 Å². The van der Waals surface area contributed by atoms with Gasteiger partial charge in [0.05, 0.1) is 32.7 Å². The number of hydrogen-bond donors (Lipinski definition) is 3. The zero-order chi connectivity index (χ0) is 26.4. The van der Waals surface area contributed by atoms with Crippen molar-refractivity contribution < 1.29 is 23.9 Å². The number of ether oxygens (including phenoxy) is 2. The normalized spacial score (nSPS) is 11.6. The van der Waals surface area contributed by atoms with Crippen molar-refractivity contribution in [2.24, 2.45) is 14.1 Å². The summed E-state index contributed by atoms with van der Waals surface area (Å²) in [6, 6.07) is 5.51. The van der Waals surface area contributed by atoms with E-state index in [1.807, 2.05) is 0 Å². The quantitative estimate of drug-likeness (QED) is 0.344. The van der Waals surface area contributed by atoms with E-state index < -0.39 is 29.4 Å². The molecule has 1 aromatic carbocycles. The lowest BCUT2D eigenvalue weighted by molar-refractivity contribution is -0.144. The molecule has 0 aliphatic rings. The Bertz CT molecular complexity index is 1410. The summed E-state index contributed by atoms with van der Waals surface area (Å²) in [7, 11) is 5.58. The highest BCUT2D eigenvalue weighted by Gasteiger charge is 2.23.